The van der Waals surface area contributed by atoms with Crippen molar-refractivity contribution in [2.75, 3.05) is 0 Å². The van der Waals surface area contributed by atoms with Crippen molar-refractivity contribution < 1.29 is 4.52 Å². The topological polar surface area (TPSA) is 77.8 Å². The maximum atomic E-state index is 6.03. The van der Waals surface area contributed by atoms with Crippen LogP contribution in [0, 0.1) is 5.92 Å². The number of halogens is 1. The number of rotatable bonds is 3. The van der Waals surface area contributed by atoms with Gasteiger partial charge in [-0.25, -0.2) is 0 Å². The second-order valence-electron chi connectivity index (χ2n) is 5.11. The van der Waals surface area contributed by atoms with Gasteiger partial charge in [-0.15, -0.1) is 12.4 Å². The Morgan fingerprint density at radius 2 is 1.90 bits per heavy atom. The van der Waals surface area contributed by atoms with E-state index in [0.717, 1.165) is 10.8 Å². The molecule has 110 valence electrons. The van der Waals surface area contributed by atoms with Gasteiger partial charge in [-0.05, 0) is 17.4 Å². The van der Waals surface area contributed by atoms with Gasteiger partial charge in [0.1, 0.15) is 5.69 Å². The number of pyridine rings is 1. The number of nitrogens with zero attached hydrogens (tertiary/aromatic N) is 3. The predicted octanol–water partition coefficient (Wildman–Crippen LogP) is 3.36. The number of aromatic nitrogens is 3. The highest BCUT2D eigenvalue weighted by molar-refractivity contribution is 5.92. The van der Waals surface area contributed by atoms with Crippen LogP contribution in [0.3, 0.4) is 0 Å². The SMILES string of the molecule is CC(C)C(N)c1nc(-c2nccc3ccccc23)no1.Cl. The van der Waals surface area contributed by atoms with Crippen LogP contribution in [0.25, 0.3) is 22.3 Å². The summed E-state index contributed by atoms with van der Waals surface area (Å²) < 4.78 is 5.26. The van der Waals surface area contributed by atoms with Gasteiger partial charge in [0.15, 0.2) is 0 Å². The van der Waals surface area contributed by atoms with E-state index < -0.39 is 0 Å². The molecule has 3 aromatic rings. The average Bonchev–Trinajstić information content (AvgIpc) is 2.95. The lowest BCUT2D eigenvalue weighted by Crippen LogP contribution is -2.16. The summed E-state index contributed by atoms with van der Waals surface area (Å²) in [5, 5.41) is 6.11. The fourth-order valence-corrected chi connectivity index (χ4v) is 2.05. The molecule has 0 spiro atoms. The van der Waals surface area contributed by atoms with Crippen LogP contribution < -0.4 is 5.73 Å². The maximum Gasteiger partial charge on any atom is 0.244 e. The van der Waals surface area contributed by atoms with Crippen LogP contribution in [-0.4, -0.2) is 15.1 Å². The van der Waals surface area contributed by atoms with Crippen molar-refractivity contribution in [2.24, 2.45) is 11.7 Å². The molecular weight excluding hydrogens is 288 g/mol. The first-order valence-electron chi connectivity index (χ1n) is 6.60. The molecule has 0 saturated heterocycles. The van der Waals surface area contributed by atoms with Crippen LogP contribution in [0.2, 0.25) is 0 Å². The molecule has 3 rings (SSSR count). The van der Waals surface area contributed by atoms with E-state index in [9.17, 15) is 0 Å². The van der Waals surface area contributed by atoms with Gasteiger partial charge in [0.2, 0.25) is 11.7 Å². The molecule has 0 amide bonds. The van der Waals surface area contributed by atoms with Crippen LogP contribution in [0.1, 0.15) is 25.8 Å². The van der Waals surface area contributed by atoms with Gasteiger partial charge in [-0.1, -0.05) is 43.3 Å². The van der Waals surface area contributed by atoms with E-state index in [0.29, 0.717) is 17.4 Å². The molecule has 1 aromatic carbocycles. The van der Waals surface area contributed by atoms with E-state index in [-0.39, 0.29) is 24.4 Å². The van der Waals surface area contributed by atoms with Crippen LogP contribution in [0.5, 0.6) is 0 Å². The Balaban J connectivity index is 0.00000161. The lowest BCUT2D eigenvalue weighted by atomic mass is 10.1. The van der Waals surface area contributed by atoms with E-state index >= 15 is 0 Å². The summed E-state index contributed by atoms with van der Waals surface area (Å²) in [6.45, 7) is 4.04. The standard InChI is InChI=1S/C15H16N4O.ClH/c1-9(2)12(16)15-18-14(19-20-15)13-11-6-4-3-5-10(11)7-8-17-13;/h3-9,12H,16H2,1-2H3;1H. The highest BCUT2D eigenvalue weighted by Crippen LogP contribution is 2.26. The Hall–Kier alpha value is -1.98. The van der Waals surface area contributed by atoms with Gasteiger partial charge in [0.25, 0.3) is 0 Å². The van der Waals surface area contributed by atoms with Crippen LogP contribution in [0.4, 0.5) is 0 Å². The molecule has 1 unspecified atom stereocenters. The third-order valence-corrected chi connectivity index (χ3v) is 3.33. The van der Waals surface area contributed by atoms with E-state index in [1.54, 1.807) is 6.20 Å². The fraction of sp³-hybridized carbons (Fsp3) is 0.267. The van der Waals surface area contributed by atoms with E-state index in [1.165, 1.54) is 0 Å². The summed E-state index contributed by atoms with van der Waals surface area (Å²) in [5.41, 5.74) is 6.74. The first-order chi connectivity index (χ1) is 9.66. The minimum Gasteiger partial charge on any atom is -0.337 e. The van der Waals surface area contributed by atoms with Gasteiger partial charge in [0, 0.05) is 11.6 Å². The molecule has 0 aliphatic heterocycles. The van der Waals surface area contributed by atoms with Crippen molar-refractivity contribution in [2.45, 2.75) is 19.9 Å². The third-order valence-electron chi connectivity index (χ3n) is 3.33. The van der Waals surface area contributed by atoms with E-state index in [1.807, 2.05) is 44.2 Å². The zero-order valence-electron chi connectivity index (χ0n) is 11.9. The molecule has 0 fully saturated rings. The molecular formula is C15H17ClN4O. The Bertz CT molecular complexity index is 736. The summed E-state index contributed by atoms with van der Waals surface area (Å²) in [4.78, 5) is 8.76. The molecule has 0 aliphatic carbocycles. The number of nitrogens with two attached hydrogens (primary N) is 1. The highest BCUT2D eigenvalue weighted by atomic mass is 35.5. The smallest absolute Gasteiger partial charge is 0.244 e. The molecule has 6 heteroatoms. The van der Waals surface area contributed by atoms with Gasteiger partial charge in [-0.3, -0.25) is 4.98 Å². The summed E-state index contributed by atoms with van der Waals surface area (Å²) in [5.74, 6) is 1.17. The molecule has 2 N–H and O–H groups in total. The quantitative estimate of drug-likeness (QED) is 0.802. The Morgan fingerprint density at radius 1 is 1.14 bits per heavy atom. The average molecular weight is 305 g/mol. The summed E-state index contributed by atoms with van der Waals surface area (Å²) >= 11 is 0. The van der Waals surface area contributed by atoms with Crippen LogP contribution in [0.15, 0.2) is 41.1 Å². The van der Waals surface area contributed by atoms with Crippen molar-refractivity contribution in [3.8, 4) is 11.5 Å². The number of hydrogen-bond acceptors (Lipinski definition) is 5. The van der Waals surface area contributed by atoms with Crippen molar-refractivity contribution in [3.63, 3.8) is 0 Å². The predicted molar refractivity (Wildman–Crippen MR) is 84.0 cm³/mol. The number of fused-ring (bicyclic) bond motifs is 1. The molecule has 0 radical (unpaired) electrons. The monoisotopic (exact) mass is 304 g/mol. The Kier molecular flexibility index (Phi) is 4.55. The lowest BCUT2D eigenvalue weighted by Gasteiger charge is -2.09. The minimum absolute atomic E-state index is 0. The first kappa shape index (κ1) is 15.4. The molecule has 0 saturated carbocycles. The molecule has 0 bridgehead atoms. The van der Waals surface area contributed by atoms with Gasteiger partial charge in [-0.2, -0.15) is 4.98 Å². The Labute approximate surface area is 129 Å². The normalized spacial score (nSPS) is 12.4. The molecule has 5 nitrogen and oxygen atoms in total. The second kappa shape index (κ2) is 6.20. The number of benzene rings is 1. The molecule has 2 aromatic heterocycles. The van der Waals surface area contributed by atoms with Gasteiger partial charge >= 0.3 is 0 Å². The molecule has 21 heavy (non-hydrogen) atoms. The third kappa shape index (κ3) is 2.89. The Morgan fingerprint density at radius 3 is 2.67 bits per heavy atom. The summed E-state index contributed by atoms with van der Waals surface area (Å²) in [6, 6.07) is 9.68. The fourth-order valence-electron chi connectivity index (χ4n) is 2.05. The molecule has 1 atom stereocenters. The lowest BCUT2D eigenvalue weighted by molar-refractivity contribution is 0.325. The van der Waals surface area contributed by atoms with E-state index in [2.05, 4.69) is 15.1 Å². The van der Waals surface area contributed by atoms with Crippen molar-refractivity contribution in [3.05, 3.63) is 42.4 Å². The van der Waals surface area contributed by atoms with Crippen LogP contribution in [-0.2, 0) is 0 Å². The van der Waals surface area contributed by atoms with Gasteiger partial charge < -0.3 is 10.3 Å². The van der Waals surface area contributed by atoms with E-state index in [4.69, 9.17) is 10.3 Å². The second-order valence-corrected chi connectivity index (χ2v) is 5.11. The number of hydrogen-bond donors (Lipinski definition) is 1. The summed E-state index contributed by atoms with van der Waals surface area (Å²) in [7, 11) is 0. The molecule has 0 aliphatic rings. The van der Waals surface area contributed by atoms with Crippen molar-refractivity contribution in [1.29, 1.82) is 0 Å². The highest BCUT2D eigenvalue weighted by Gasteiger charge is 2.19. The largest absolute Gasteiger partial charge is 0.337 e. The van der Waals surface area contributed by atoms with Crippen LogP contribution >= 0.6 is 12.4 Å². The summed E-state index contributed by atoms with van der Waals surface area (Å²) in [6.07, 6.45) is 1.75. The molecule has 2 heterocycles. The van der Waals surface area contributed by atoms with Crippen molar-refractivity contribution in [1.82, 2.24) is 15.1 Å². The van der Waals surface area contributed by atoms with Crippen molar-refractivity contribution >= 4 is 23.2 Å². The zero-order valence-corrected chi connectivity index (χ0v) is 12.7. The maximum absolute atomic E-state index is 6.03. The van der Waals surface area contributed by atoms with Gasteiger partial charge in [0.05, 0.1) is 6.04 Å². The zero-order chi connectivity index (χ0) is 14.1. The minimum atomic E-state index is -0.258. The first-order valence-corrected chi connectivity index (χ1v) is 6.60.